The maximum atomic E-state index is 13.7. The van der Waals surface area contributed by atoms with Crippen LogP contribution in [0.5, 0.6) is 0 Å². The minimum atomic E-state index is -0.831. The van der Waals surface area contributed by atoms with Gasteiger partial charge in [-0.15, -0.1) is 0 Å². The Bertz CT molecular complexity index is 667. The van der Waals surface area contributed by atoms with E-state index in [1.165, 1.54) is 6.07 Å². The summed E-state index contributed by atoms with van der Waals surface area (Å²) in [4.78, 5) is 0. The Balaban J connectivity index is 2.23. The lowest BCUT2D eigenvalue weighted by Gasteiger charge is -2.10. The van der Waals surface area contributed by atoms with Crippen LogP contribution in [0.25, 0.3) is 0 Å². The number of nitrogens with zero attached hydrogens (tertiary/aromatic N) is 1. The Morgan fingerprint density at radius 3 is 2.30 bits per heavy atom. The average molecular weight is 276 g/mol. The summed E-state index contributed by atoms with van der Waals surface area (Å²) in [6.45, 7) is 1.58. The molecule has 0 saturated heterocycles. The number of aryl methyl sites for hydroxylation is 1. The largest absolute Gasteiger partial charge is 0.378 e. The molecule has 2 rings (SSSR count). The fraction of sp³-hybridized carbons (Fsp3) is 0.133. The molecule has 1 N–H and O–H groups in total. The van der Waals surface area contributed by atoms with Gasteiger partial charge >= 0.3 is 0 Å². The van der Waals surface area contributed by atoms with Gasteiger partial charge in [-0.25, -0.2) is 13.2 Å². The number of rotatable bonds is 3. The number of hydrogen-bond acceptors (Lipinski definition) is 2. The molecule has 0 bridgehead atoms. The minimum Gasteiger partial charge on any atom is -0.378 e. The van der Waals surface area contributed by atoms with Crippen molar-refractivity contribution >= 4 is 5.69 Å². The van der Waals surface area contributed by atoms with Crippen LogP contribution in [0.2, 0.25) is 0 Å². The summed E-state index contributed by atoms with van der Waals surface area (Å²) >= 11 is 0. The van der Waals surface area contributed by atoms with E-state index in [0.29, 0.717) is 0 Å². The second kappa shape index (κ2) is 5.66. The van der Waals surface area contributed by atoms with E-state index >= 15 is 0 Å². The summed E-state index contributed by atoms with van der Waals surface area (Å²) in [7, 11) is 0. The lowest BCUT2D eigenvalue weighted by molar-refractivity contribution is 0.558. The maximum Gasteiger partial charge on any atom is 0.146 e. The first-order valence-corrected chi connectivity index (χ1v) is 5.89. The highest BCUT2D eigenvalue weighted by atomic mass is 19.1. The fourth-order valence-corrected chi connectivity index (χ4v) is 1.79. The van der Waals surface area contributed by atoms with Crippen molar-refractivity contribution in [3.8, 4) is 6.07 Å². The summed E-state index contributed by atoms with van der Waals surface area (Å²) in [6.07, 6.45) is 0. The second-order valence-electron chi connectivity index (χ2n) is 4.37. The van der Waals surface area contributed by atoms with Crippen molar-refractivity contribution in [3.63, 3.8) is 0 Å². The fourth-order valence-electron chi connectivity index (χ4n) is 1.79. The topological polar surface area (TPSA) is 35.8 Å². The van der Waals surface area contributed by atoms with E-state index in [4.69, 9.17) is 5.26 Å². The van der Waals surface area contributed by atoms with Crippen molar-refractivity contribution in [2.75, 3.05) is 5.32 Å². The quantitative estimate of drug-likeness (QED) is 0.923. The Morgan fingerprint density at radius 2 is 1.70 bits per heavy atom. The zero-order chi connectivity index (χ0) is 14.7. The third-order valence-electron chi connectivity index (χ3n) is 2.85. The minimum absolute atomic E-state index is 0.0921. The summed E-state index contributed by atoms with van der Waals surface area (Å²) in [6, 6.07) is 8.00. The molecule has 0 aliphatic heterocycles. The highest BCUT2D eigenvalue weighted by Crippen LogP contribution is 2.20. The first kappa shape index (κ1) is 13.9. The van der Waals surface area contributed by atoms with Gasteiger partial charge in [0.2, 0.25) is 0 Å². The van der Waals surface area contributed by atoms with Crippen LogP contribution in [0.1, 0.15) is 16.7 Å². The highest BCUT2D eigenvalue weighted by Gasteiger charge is 2.12. The Kier molecular flexibility index (Phi) is 3.94. The number of halogens is 3. The molecule has 2 aromatic rings. The molecule has 2 aromatic carbocycles. The van der Waals surface area contributed by atoms with E-state index < -0.39 is 17.5 Å². The van der Waals surface area contributed by atoms with Crippen LogP contribution in [0, 0.1) is 35.7 Å². The molecule has 0 radical (unpaired) electrons. The van der Waals surface area contributed by atoms with E-state index in [-0.39, 0.29) is 23.4 Å². The molecular formula is C15H11F3N2. The van der Waals surface area contributed by atoms with Gasteiger partial charge in [-0.05, 0) is 36.8 Å². The molecule has 0 aromatic heterocycles. The van der Waals surface area contributed by atoms with E-state index in [1.54, 1.807) is 25.1 Å². The number of benzene rings is 2. The lowest BCUT2D eigenvalue weighted by atomic mass is 10.1. The van der Waals surface area contributed by atoms with Gasteiger partial charge in [-0.1, -0.05) is 6.07 Å². The van der Waals surface area contributed by atoms with Gasteiger partial charge < -0.3 is 5.32 Å². The molecular weight excluding hydrogens is 265 g/mol. The number of nitrogens with one attached hydrogen (secondary N) is 1. The standard InChI is InChI=1S/C15H11F3N2/c1-9-2-3-12(16)15(4-9)20-8-11-13(17)5-10(7-19)6-14(11)18/h2-6,20H,8H2,1H3. The zero-order valence-electron chi connectivity index (χ0n) is 10.7. The third kappa shape index (κ3) is 2.91. The maximum absolute atomic E-state index is 13.7. The first-order valence-electron chi connectivity index (χ1n) is 5.89. The predicted molar refractivity (Wildman–Crippen MR) is 69.5 cm³/mol. The van der Waals surface area contributed by atoms with Crippen molar-refractivity contribution in [1.82, 2.24) is 0 Å². The van der Waals surface area contributed by atoms with Gasteiger partial charge in [-0.3, -0.25) is 0 Å². The molecule has 0 atom stereocenters. The highest BCUT2D eigenvalue weighted by molar-refractivity contribution is 5.48. The van der Waals surface area contributed by atoms with Gasteiger partial charge in [-0.2, -0.15) is 5.26 Å². The molecule has 5 heteroatoms. The van der Waals surface area contributed by atoms with Crippen LogP contribution >= 0.6 is 0 Å². The molecule has 20 heavy (non-hydrogen) atoms. The number of nitriles is 1. The van der Waals surface area contributed by atoms with Gasteiger partial charge in [0.15, 0.2) is 0 Å². The van der Waals surface area contributed by atoms with Crippen LogP contribution < -0.4 is 5.32 Å². The molecule has 0 amide bonds. The van der Waals surface area contributed by atoms with Crippen LogP contribution in [0.3, 0.4) is 0 Å². The summed E-state index contributed by atoms with van der Waals surface area (Å²) in [5, 5.41) is 11.3. The monoisotopic (exact) mass is 276 g/mol. The third-order valence-corrected chi connectivity index (χ3v) is 2.85. The van der Waals surface area contributed by atoms with Gasteiger partial charge in [0, 0.05) is 12.1 Å². The molecule has 0 aliphatic rings. The van der Waals surface area contributed by atoms with E-state index in [1.807, 2.05) is 0 Å². The summed E-state index contributed by atoms with van der Waals surface area (Å²) in [5.74, 6) is -2.16. The van der Waals surface area contributed by atoms with Crippen molar-refractivity contribution in [3.05, 3.63) is 64.5 Å². The Hall–Kier alpha value is -2.48. The Morgan fingerprint density at radius 1 is 1.05 bits per heavy atom. The average Bonchev–Trinajstić information content (AvgIpc) is 2.41. The Labute approximate surface area is 114 Å². The van der Waals surface area contributed by atoms with Crippen LogP contribution in [0.4, 0.5) is 18.9 Å². The molecule has 0 saturated carbocycles. The number of anilines is 1. The van der Waals surface area contributed by atoms with Gasteiger partial charge in [0.1, 0.15) is 17.5 Å². The molecule has 0 unspecified atom stereocenters. The van der Waals surface area contributed by atoms with Gasteiger partial charge in [0.05, 0.1) is 17.3 Å². The predicted octanol–water partition coefficient (Wildman–Crippen LogP) is 3.90. The van der Waals surface area contributed by atoms with Gasteiger partial charge in [0.25, 0.3) is 0 Å². The smallest absolute Gasteiger partial charge is 0.146 e. The molecule has 0 heterocycles. The summed E-state index contributed by atoms with van der Waals surface area (Å²) in [5.41, 5.74) is 0.679. The van der Waals surface area contributed by atoms with Crippen LogP contribution in [-0.2, 0) is 6.54 Å². The zero-order valence-corrected chi connectivity index (χ0v) is 10.7. The van der Waals surface area contributed by atoms with Crippen molar-refractivity contribution in [1.29, 1.82) is 5.26 Å². The van der Waals surface area contributed by atoms with Crippen LogP contribution in [-0.4, -0.2) is 0 Å². The molecule has 102 valence electrons. The molecule has 2 nitrogen and oxygen atoms in total. The molecule has 0 fully saturated rings. The van der Waals surface area contributed by atoms with E-state index in [0.717, 1.165) is 17.7 Å². The second-order valence-corrected chi connectivity index (χ2v) is 4.37. The van der Waals surface area contributed by atoms with E-state index in [2.05, 4.69) is 5.32 Å². The van der Waals surface area contributed by atoms with E-state index in [9.17, 15) is 13.2 Å². The van der Waals surface area contributed by atoms with Crippen molar-refractivity contribution in [2.24, 2.45) is 0 Å². The summed E-state index contributed by atoms with van der Waals surface area (Å²) < 4.78 is 40.8. The van der Waals surface area contributed by atoms with Crippen LogP contribution in [0.15, 0.2) is 30.3 Å². The molecule has 0 aliphatic carbocycles. The first-order chi connectivity index (χ1) is 9.51. The molecule has 0 spiro atoms. The van der Waals surface area contributed by atoms with Crippen molar-refractivity contribution in [2.45, 2.75) is 13.5 Å². The van der Waals surface area contributed by atoms with Crippen molar-refractivity contribution < 1.29 is 13.2 Å². The lowest BCUT2D eigenvalue weighted by Crippen LogP contribution is -2.06. The SMILES string of the molecule is Cc1ccc(F)c(NCc2c(F)cc(C#N)cc2F)c1. The number of hydrogen-bond donors (Lipinski definition) is 1. The normalized spacial score (nSPS) is 10.2.